The largest absolute Gasteiger partial charge is 0.467 e. The first-order valence-electron chi connectivity index (χ1n) is 16.7. The summed E-state index contributed by atoms with van der Waals surface area (Å²) >= 11 is 0.927. The Morgan fingerprint density at radius 3 is 2.57 bits per heavy atom. The van der Waals surface area contributed by atoms with Gasteiger partial charge in [0.2, 0.25) is 0 Å². The van der Waals surface area contributed by atoms with Crippen LogP contribution in [0.1, 0.15) is 48.8 Å². The number of halogens is 4. The van der Waals surface area contributed by atoms with Crippen LogP contribution >= 0.6 is 11.3 Å². The summed E-state index contributed by atoms with van der Waals surface area (Å²) in [6.45, 7) is 3.49. The molecule has 4 saturated heterocycles. The third-order valence-electron chi connectivity index (χ3n) is 10.6. The minimum Gasteiger partial charge on any atom is -0.467 e. The van der Waals surface area contributed by atoms with E-state index in [9.17, 15) is 18.4 Å². The Bertz CT molecular complexity index is 1960. The third-order valence-corrected chi connectivity index (χ3v) is 11.7. The van der Waals surface area contributed by atoms with Gasteiger partial charge in [-0.1, -0.05) is 0 Å². The molecule has 0 radical (unpaired) electrons. The van der Waals surface area contributed by atoms with Crippen LogP contribution in [0.3, 0.4) is 0 Å². The number of rotatable bonds is 5. The normalized spacial score (nSPS) is 24.7. The van der Waals surface area contributed by atoms with Gasteiger partial charge in [-0.2, -0.15) is 15.2 Å². The first-order chi connectivity index (χ1) is 23.8. The Morgan fingerprint density at radius 1 is 1.08 bits per heavy atom. The van der Waals surface area contributed by atoms with Crippen LogP contribution in [0, 0.1) is 23.0 Å². The molecule has 4 aromatic rings. The quantitative estimate of drug-likeness (QED) is 0.269. The number of nitriles is 1. The lowest BCUT2D eigenvalue weighted by Crippen LogP contribution is -2.54. The molecular weight excluding hydrogens is 660 g/mol. The van der Waals surface area contributed by atoms with E-state index in [1.807, 2.05) is 6.07 Å². The number of hydrogen-bond donors (Lipinski definition) is 1. The van der Waals surface area contributed by atoms with E-state index in [1.54, 1.807) is 0 Å². The monoisotopic (exact) mass is 696 g/mol. The fraction of sp³-hybridized carbons (Fsp3) is 0.529. The van der Waals surface area contributed by atoms with Crippen molar-refractivity contribution >= 4 is 43.1 Å². The van der Waals surface area contributed by atoms with Crippen molar-refractivity contribution in [2.45, 2.75) is 69.6 Å². The molecule has 2 N–H and O–H groups in total. The molecule has 0 aliphatic carbocycles. The number of nitrogens with zero attached hydrogens (tertiary/aromatic N) is 7. The minimum atomic E-state index is -0.682. The number of anilines is 2. The Morgan fingerprint density at radius 2 is 1.86 bits per heavy atom. The van der Waals surface area contributed by atoms with Crippen LogP contribution in [0.2, 0.25) is 0 Å². The van der Waals surface area contributed by atoms with Crippen LogP contribution in [0.15, 0.2) is 6.20 Å². The summed E-state index contributed by atoms with van der Waals surface area (Å²) in [7, 11) is 1.42. The summed E-state index contributed by atoms with van der Waals surface area (Å²) in [4.78, 5) is 20.0. The number of methoxy groups -OCH3 is 1. The number of nitrogens with two attached hydrogens (primary N) is 1. The Hall–Kier alpha value is -3.84. The molecule has 9 rings (SSSR count). The van der Waals surface area contributed by atoms with Crippen molar-refractivity contribution in [3.05, 3.63) is 34.5 Å². The molecule has 4 fully saturated rings. The Balaban J connectivity index is 0.000000334. The number of thiophene rings is 1. The van der Waals surface area contributed by atoms with Gasteiger partial charge in [0.15, 0.2) is 11.6 Å². The second-order valence-corrected chi connectivity index (χ2v) is 14.4. The number of piperazine rings is 1. The molecule has 8 heterocycles. The molecule has 258 valence electrons. The van der Waals surface area contributed by atoms with Crippen molar-refractivity contribution in [2.24, 2.45) is 0 Å². The van der Waals surface area contributed by atoms with E-state index in [4.69, 9.17) is 20.2 Å². The highest BCUT2D eigenvalue weighted by Gasteiger charge is 2.43. The molecule has 0 saturated carbocycles. The van der Waals surface area contributed by atoms with Crippen LogP contribution in [-0.4, -0.2) is 95.6 Å². The molecule has 0 amide bonds. The average molecular weight is 697 g/mol. The number of fused-ring (bicyclic) bond motifs is 7. The molecule has 0 spiro atoms. The van der Waals surface area contributed by atoms with Gasteiger partial charge in [0.05, 0.1) is 47.9 Å². The van der Waals surface area contributed by atoms with Crippen molar-refractivity contribution in [2.75, 3.05) is 57.1 Å². The summed E-state index contributed by atoms with van der Waals surface area (Å²) in [6.07, 6.45) is 5.65. The molecule has 4 unspecified atom stereocenters. The zero-order chi connectivity index (χ0) is 34.0. The standard InChI is InChI=1S/C27H24F3N7O2S.C7H12FN/c1-38-27-34-23-20(26(35-27)37-12-2-3-13(37)9-36(8-12)5-4-28)16-11-39-10-15(16)18(21(23)30)22-19-14(6-31)25(32)40-24(19)17(29)7-33-22;8-6-4-7-2-1-3-9(7)5-6/h7,12-13H,2-5,8-11,32H2,1H3;6-7H,1-5H2. The molecular formula is C34H36F4N8O2S. The zero-order valence-electron chi connectivity index (χ0n) is 27.0. The second kappa shape index (κ2) is 12.8. The van der Waals surface area contributed by atoms with Gasteiger partial charge in [0.25, 0.3) is 0 Å². The van der Waals surface area contributed by atoms with Gasteiger partial charge < -0.3 is 20.1 Å². The lowest BCUT2D eigenvalue weighted by atomic mass is 9.93. The predicted molar refractivity (Wildman–Crippen MR) is 178 cm³/mol. The summed E-state index contributed by atoms with van der Waals surface area (Å²) in [5.74, 6) is -0.755. The van der Waals surface area contributed by atoms with E-state index in [2.05, 4.69) is 24.7 Å². The fourth-order valence-electron chi connectivity index (χ4n) is 8.57. The number of ether oxygens (including phenoxy) is 2. The number of hydrogen-bond acceptors (Lipinski definition) is 11. The lowest BCUT2D eigenvalue weighted by molar-refractivity contribution is 0.135. The first kappa shape index (κ1) is 32.4. The molecule has 5 aliphatic rings. The van der Waals surface area contributed by atoms with Crippen molar-refractivity contribution in [1.29, 1.82) is 5.26 Å². The number of alkyl halides is 2. The van der Waals surface area contributed by atoms with E-state index >= 15 is 4.39 Å². The van der Waals surface area contributed by atoms with Crippen molar-refractivity contribution < 1.29 is 27.0 Å². The number of pyridine rings is 1. The lowest BCUT2D eigenvalue weighted by Gasteiger charge is -2.42. The Labute approximate surface area is 284 Å². The van der Waals surface area contributed by atoms with Crippen LogP contribution in [0.25, 0.3) is 32.2 Å². The highest BCUT2D eigenvalue weighted by molar-refractivity contribution is 7.23. The van der Waals surface area contributed by atoms with Gasteiger partial charge in [-0.05, 0) is 49.8 Å². The van der Waals surface area contributed by atoms with E-state index < -0.39 is 24.5 Å². The van der Waals surface area contributed by atoms with Gasteiger partial charge in [0.1, 0.15) is 35.3 Å². The number of aromatic nitrogens is 3. The van der Waals surface area contributed by atoms with Crippen LogP contribution in [0.4, 0.5) is 28.4 Å². The third kappa shape index (κ3) is 5.35. The summed E-state index contributed by atoms with van der Waals surface area (Å²) in [6, 6.07) is 2.81. The van der Waals surface area contributed by atoms with Gasteiger partial charge in [-0.3, -0.25) is 14.8 Å². The molecule has 3 aromatic heterocycles. The van der Waals surface area contributed by atoms with Gasteiger partial charge in [-0.25, -0.2) is 17.6 Å². The highest BCUT2D eigenvalue weighted by Crippen LogP contribution is 2.48. The molecule has 49 heavy (non-hydrogen) atoms. The van der Waals surface area contributed by atoms with Crippen LogP contribution in [0.5, 0.6) is 6.01 Å². The second-order valence-electron chi connectivity index (χ2n) is 13.4. The van der Waals surface area contributed by atoms with Crippen molar-refractivity contribution in [1.82, 2.24) is 24.8 Å². The van der Waals surface area contributed by atoms with Gasteiger partial charge >= 0.3 is 6.01 Å². The van der Waals surface area contributed by atoms with E-state index in [0.29, 0.717) is 49.0 Å². The maximum atomic E-state index is 16.8. The van der Waals surface area contributed by atoms with Crippen molar-refractivity contribution in [3.63, 3.8) is 0 Å². The molecule has 10 nitrogen and oxygen atoms in total. The summed E-state index contributed by atoms with van der Waals surface area (Å²) in [5.41, 5.74) is 7.61. The minimum absolute atomic E-state index is 0.00603. The SMILES string of the molecule is COc1nc(N2C3CCC2CN(CCF)C3)c2c3c(c(-c4ncc(F)c5sc(N)c(C#N)c45)c(F)c2n1)COC3.FC1CC2CCCN2C1. The maximum absolute atomic E-state index is 16.8. The van der Waals surface area contributed by atoms with Crippen molar-refractivity contribution in [3.8, 4) is 23.3 Å². The van der Waals surface area contributed by atoms with E-state index in [-0.39, 0.29) is 68.7 Å². The zero-order valence-corrected chi connectivity index (χ0v) is 27.8. The van der Waals surface area contributed by atoms with Crippen LogP contribution < -0.4 is 15.4 Å². The van der Waals surface area contributed by atoms with Gasteiger partial charge in [-0.15, -0.1) is 11.3 Å². The molecule has 1 aromatic carbocycles. The molecule has 2 bridgehead atoms. The molecule has 15 heteroatoms. The smallest absolute Gasteiger partial charge is 0.318 e. The Kier molecular flexibility index (Phi) is 8.46. The van der Waals surface area contributed by atoms with E-state index in [1.165, 1.54) is 20.0 Å². The number of benzene rings is 1. The molecule has 4 atom stereocenters. The topological polar surface area (TPSA) is 117 Å². The first-order valence-corrected chi connectivity index (χ1v) is 17.5. The molecule has 5 aliphatic heterocycles. The van der Waals surface area contributed by atoms with E-state index in [0.717, 1.165) is 48.9 Å². The number of nitrogen functional groups attached to an aromatic ring is 1. The number of likely N-dealkylation sites (tertiary alicyclic amines) is 1. The summed E-state index contributed by atoms with van der Waals surface area (Å²) in [5, 5.41) is 10.6. The van der Waals surface area contributed by atoms with Crippen LogP contribution in [-0.2, 0) is 18.0 Å². The highest BCUT2D eigenvalue weighted by atomic mass is 32.1. The average Bonchev–Trinajstić information content (AvgIpc) is 3.91. The fourth-order valence-corrected chi connectivity index (χ4v) is 9.49. The van der Waals surface area contributed by atoms with Gasteiger partial charge in [0, 0.05) is 55.3 Å². The predicted octanol–water partition coefficient (Wildman–Crippen LogP) is 5.49. The maximum Gasteiger partial charge on any atom is 0.318 e. The summed E-state index contributed by atoms with van der Waals surface area (Å²) < 4.78 is 68.7.